The first kappa shape index (κ1) is 13.1. The topological polar surface area (TPSA) is 29.1 Å². The van der Waals surface area contributed by atoms with Gasteiger partial charge in [0.2, 0.25) is 0 Å². The molecule has 0 bridgehead atoms. The second-order valence-electron chi connectivity index (χ2n) is 3.90. The van der Waals surface area contributed by atoms with Crippen LogP contribution in [-0.4, -0.2) is 16.5 Å². The number of benzene rings is 1. The minimum atomic E-state index is -0.887. The molecule has 0 radical (unpaired) electrons. The van der Waals surface area contributed by atoms with Crippen LogP contribution in [0.25, 0.3) is 0 Å². The first-order valence-corrected chi connectivity index (χ1v) is 6.96. The van der Waals surface area contributed by atoms with Gasteiger partial charge in [0.15, 0.2) is 0 Å². The van der Waals surface area contributed by atoms with Crippen molar-refractivity contribution < 1.29 is 4.21 Å². The quantitative estimate of drug-likeness (QED) is 0.770. The molecule has 1 aromatic carbocycles. The Morgan fingerprint density at radius 2 is 2.06 bits per heavy atom. The summed E-state index contributed by atoms with van der Waals surface area (Å²) in [5.74, 6) is 0. The van der Waals surface area contributed by atoms with E-state index in [1.807, 2.05) is 30.3 Å². The minimum Gasteiger partial charge on any atom is -0.310 e. The molecule has 0 aromatic heterocycles. The van der Waals surface area contributed by atoms with Crippen LogP contribution in [0.4, 0.5) is 0 Å². The third kappa shape index (κ3) is 4.29. The SMILES string of the molecule is C=CCC(C)NCc1ccc(S(C)=O)cc1. The van der Waals surface area contributed by atoms with E-state index in [1.165, 1.54) is 5.56 Å². The van der Waals surface area contributed by atoms with Crippen LogP contribution in [0.15, 0.2) is 41.8 Å². The van der Waals surface area contributed by atoms with Crippen molar-refractivity contribution in [3.8, 4) is 0 Å². The largest absolute Gasteiger partial charge is 0.310 e. The lowest BCUT2D eigenvalue weighted by Crippen LogP contribution is -2.24. The first-order valence-electron chi connectivity index (χ1n) is 5.40. The Morgan fingerprint density at radius 3 is 2.56 bits per heavy atom. The molecule has 1 rings (SSSR count). The molecule has 88 valence electrons. The highest BCUT2D eigenvalue weighted by atomic mass is 32.2. The van der Waals surface area contributed by atoms with Crippen LogP contribution in [0.5, 0.6) is 0 Å². The molecule has 16 heavy (non-hydrogen) atoms. The van der Waals surface area contributed by atoms with Gasteiger partial charge in [0, 0.05) is 34.5 Å². The van der Waals surface area contributed by atoms with Gasteiger partial charge in [-0.3, -0.25) is 4.21 Å². The van der Waals surface area contributed by atoms with Gasteiger partial charge in [0.1, 0.15) is 0 Å². The second-order valence-corrected chi connectivity index (χ2v) is 5.28. The molecule has 0 aliphatic heterocycles. The zero-order valence-electron chi connectivity index (χ0n) is 9.90. The molecule has 0 fully saturated rings. The van der Waals surface area contributed by atoms with Crippen LogP contribution >= 0.6 is 0 Å². The van der Waals surface area contributed by atoms with Crippen molar-refractivity contribution in [3.63, 3.8) is 0 Å². The molecule has 2 atom stereocenters. The van der Waals surface area contributed by atoms with E-state index in [9.17, 15) is 4.21 Å². The summed E-state index contributed by atoms with van der Waals surface area (Å²) >= 11 is 0. The summed E-state index contributed by atoms with van der Waals surface area (Å²) in [4.78, 5) is 0.878. The van der Waals surface area contributed by atoms with Crippen LogP contribution in [0, 0.1) is 0 Å². The van der Waals surface area contributed by atoms with Gasteiger partial charge >= 0.3 is 0 Å². The predicted molar refractivity (Wildman–Crippen MR) is 69.9 cm³/mol. The minimum absolute atomic E-state index is 0.442. The Bertz CT molecular complexity index is 359. The third-order valence-corrected chi connectivity index (χ3v) is 3.37. The molecule has 1 aromatic rings. The number of nitrogens with one attached hydrogen (secondary N) is 1. The number of hydrogen-bond donors (Lipinski definition) is 1. The molecule has 0 saturated carbocycles. The van der Waals surface area contributed by atoms with Gasteiger partial charge in [-0.25, -0.2) is 0 Å². The predicted octanol–water partition coefficient (Wildman–Crippen LogP) is 2.48. The summed E-state index contributed by atoms with van der Waals surface area (Å²) in [6.07, 6.45) is 4.58. The van der Waals surface area contributed by atoms with Crippen molar-refractivity contribution in [1.29, 1.82) is 0 Å². The van der Waals surface area contributed by atoms with Crippen molar-refractivity contribution in [2.75, 3.05) is 6.26 Å². The summed E-state index contributed by atoms with van der Waals surface area (Å²) < 4.78 is 11.2. The maximum atomic E-state index is 11.2. The van der Waals surface area contributed by atoms with Crippen LogP contribution in [0.2, 0.25) is 0 Å². The van der Waals surface area contributed by atoms with E-state index in [1.54, 1.807) is 6.26 Å². The maximum absolute atomic E-state index is 11.2. The van der Waals surface area contributed by atoms with E-state index < -0.39 is 10.8 Å². The van der Waals surface area contributed by atoms with E-state index in [2.05, 4.69) is 18.8 Å². The van der Waals surface area contributed by atoms with E-state index in [4.69, 9.17) is 0 Å². The Hall–Kier alpha value is -0.930. The monoisotopic (exact) mass is 237 g/mol. The fraction of sp³-hybridized carbons (Fsp3) is 0.385. The maximum Gasteiger partial charge on any atom is 0.0498 e. The average molecular weight is 237 g/mol. The van der Waals surface area contributed by atoms with Crippen molar-refractivity contribution in [1.82, 2.24) is 5.32 Å². The van der Waals surface area contributed by atoms with Crippen molar-refractivity contribution in [3.05, 3.63) is 42.5 Å². The number of rotatable bonds is 6. The van der Waals surface area contributed by atoms with E-state index in [0.717, 1.165) is 17.9 Å². The standard InChI is InChI=1S/C13H19NOS/c1-4-5-11(2)14-10-12-6-8-13(9-7-12)16(3)15/h4,6-9,11,14H,1,5,10H2,2-3H3. The molecule has 3 heteroatoms. The van der Waals surface area contributed by atoms with Crippen LogP contribution in [0.1, 0.15) is 18.9 Å². The molecule has 1 N–H and O–H groups in total. The summed E-state index contributed by atoms with van der Waals surface area (Å²) in [5, 5.41) is 3.40. The van der Waals surface area contributed by atoms with Gasteiger partial charge in [0.05, 0.1) is 0 Å². The summed E-state index contributed by atoms with van der Waals surface area (Å²) in [5.41, 5.74) is 1.21. The van der Waals surface area contributed by atoms with Crippen molar-refractivity contribution in [2.45, 2.75) is 30.8 Å². The Labute approximate surface area is 100 Å². The second kappa shape index (κ2) is 6.61. The van der Waals surface area contributed by atoms with E-state index in [-0.39, 0.29) is 0 Å². The highest BCUT2D eigenvalue weighted by Gasteiger charge is 2.00. The van der Waals surface area contributed by atoms with Gasteiger partial charge in [-0.2, -0.15) is 0 Å². The van der Waals surface area contributed by atoms with Gasteiger partial charge in [-0.1, -0.05) is 18.2 Å². The highest BCUT2D eigenvalue weighted by Crippen LogP contribution is 2.07. The molecule has 2 unspecified atom stereocenters. The molecule has 0 amide bonds. The van der Waals surface area contributed by atoms with E-state index >= 15 is 0 Å². The Balaban J connectivity index is 2.49. The van der Waals surface area contributed by atoms with Crippen molar-refractivity contribution in [2.24, 2.45) is 0 Å². The third-order valence-electron chi connectivity index (χ3n) is 2.43. The molecule has 0 heterocycles. The summed E-state index contributed by atoms with van der Waals surface area (Å²) in [7, 11) is -0.887. The lowest BCUT2D eigenvalue weighted by atomic mass is 10.2. The summed E-state index contributed by atoms with van der Waals surface area (Å²) in [6, 6.07) is 8.32. The summed E-state index contributed by atoms with van der Waals surface area (Å²) in [6.45, 7) is 6.69. The number of hydrogen-bond acceptors (Lipinski definition) is 2. The average Bonchev–Trinajstić information content (AvgIpc) is 2.27. The highest BCUT2D eigenvalue weighted by molar-refractivity contribution is 7.84. The smallest absolute Gasteiger partial charge is 0.0498 e. The molecular weight excluding hydrogens is 218 g/mol. The molecular formula is C13H19NOS. The molecule has 0 saturated heterocycles. The Kier molecular flexibility index (Phi) is 5.43. The van der Waals surface area contributed by atoms with Crippen LogP contribution in [-0.2, 0) is 17.3 Å². The molecule has 0 aliphatic carbocycles. The normalized spacial score (nSPS) is 14.4. The lowest BCUT2D eigenvalue weighted by Gasteiger charge is -2.11. The van der Waals surface area contributed by atoms with Crippen LogP contribution in [0.3, 0.4) is 0 Å². The van der Waals surface area contributed by atoms with E-state index in [0.29, 0.717) is 6.04 Å². The molecule has 0 spiro atoms. The van der Waals surface area contributed by atoms with Crippen molar-refractivity contribution >= 4 is 10.8 Å². The Morgan fingerprint density at radius 1 is 1.44 bits per heavy atom. The lowest BCUT2D eigenvalue weighted by molar-refractivity contribution is 0.553. The van der Waals surface area contributed by atoms with Gasteiger partial charge < -0.3 is 5.32 Å². The van der Waals surface area contributed by atoms with Gasteiger partial charge in [0.25, 0.3) is 0 Å². The molecule has 0 aliphatic rings. The van der Waals surface area contributed by atoms with Crippen LogP contribution < -0.4 is 5.32 Å². The van der Waals surface area contributed by atoms with Gasteiger partial charge in [-0.15, -0.1) is 6.58 Å². The van der Waals surface area contributed by atoms with Gasteiger partial charge in [-0.05, 0) is 31.0 Å². The zero-order valence-corrected chi connectivity index (χ0v) is 10.7. The fourth-order valence-corrected chi connectivity index (χ4v) is 1.94. The fourth-order valence-electron chi connectivity index (χ4n) is 1.42. The molecule has 2 nitrogen and oxygen atoms in total. The first-order chi connectivity index (χ1) is 7.63. The zero-order chi connectivity index (χ0) is 12.0.